The fourth-order valence-electron chi connectivity index (χ4n) is 3.01. The number of nitrogens with one attached hydrogen (secondary N) is 2. The van der Waals surface area contributed by atoms with Crippen molar-refractivity contribution in [1.29, 1.82) is 0 Å². The Labute approximate surface area is 185 Å². The molecule has 1 fully saturated rings. The summed E-state index contributed by atoms with van der Waals surface area (Å²) in [7, 11) is -3.80. The molecule has 2 aromatic rings. The van der Waals surface area contributed by atoms with Gasteiger partial charge in [0.15, 0.2) is 0 Å². The summed E-state index contributed by atoms with van der Waals surface area (Å²) in [6, 6.07) is 10.4. The smallest absolute Gasteiger partial charge is 0.257 e. The fraction of sp³-hybridized carbons (Fsp3) is 0.238. The highest BCUT2D eigenvalue weighted by atomic mass is 35.5. The summed E-state index contributed by atoms with van der Waals surface area (Å²) in [6.07, 6.45) is 1.54. The van der Waals surface area contributed by atoms with Crippen LogP contribution in [0.2, 0.25) is 5.02 Å². The number of ether oxygens (including phenoxy) is 1. The first kappa shape index (κ1) is 23.0. The number of hydrogen-bond donors (Lipinski definition) is 2. The Hall–Kier alpha value is -2.72. The highest BCUT2D eigenvalue weighted by molar-refractivity contribution is 7.89. The minimum atomic E-state index is -3.80. The first-order valence-corrected chi connectivity index (χ1v) is 11.3. The lowest BCUT2D eigenvalue weighted by Gasteiger charge is -2.26. The Morgan fingerprint density at radius 1 is 1.10 bits per heavy atom. The molecule has 3 rings (SSSR count). The highest BCUT2D eigenvalue weighted by Gasteiger charge is 2.28. The predicted molar refractivity (Wildman–Crippen MR) is 118 cm³/mol. The van der Waals surface area contributed by atoms with Gasteiger partial charge in [0.25, 0.3) is 11.8 Å². The number of sulfonamides is 1. The molecule has 1 aliphatic rings. The van der Waals surface area contributed by atoms with Gasteiger partial charge in [-0.2, -0.15) is 4.31 Å². The van der Waals surface area contributed by atoms with Crippen molar-refractivity contribution in [3.05, 3.63) is 71.3 Å². The maximum Gasteiger partial charge on any atom is 0.257 e. The Bertz CT molecular complexity index is 1100. The number of amides is 2. The van der Waals surface area contributed by atoms with E-state index < -0.39 is 15.9 Å². The van der Waals surface area contributed by atoms with Gasteiger partial charge in [0.05, 0.1) is 39.9 Å². The van der Waals surface area contributed by atoms with E-state index in [1.54, 1.807) is 30.3 Å². The Kier molecular flexibility index (Phi) is 7.45. The number of hydrogen-bond acceptors (Lipinski definition) is 5. The van der Waals surface area contributed by atoms with Crippen LogP contribution in [0.25, 0.3) is 0 Å². The number of anilines is 1. The summed E-state index contributed by atoms with van der Waals surface area (Å²) < 4.78 is 32.3. The van der Waals surface area contributed by atoms with Crippen LogP contribution in [0.5, 0.6) is 0 Å². The van der Waals surface area contributed by atoms with E-state index in [1.165, 1.54) is 22.5 Å². The van der Waals surface area contributed by atoms with Crippen LogP contribution in [0.4, 0.5) is 5.69 Å². The van der Waals surface area contributed by atoms with Gasteiger partial charge in [0.1, 0.15) is 0 Å². The third-order valence-electron chi connectivity index (χ3n) is 4.62. The second-order valence-corrected chi connectivity index (χ2v) is 9.00. The summed E-state index contributed by atoms with van der Waals surface area (Å²) in [4.78, 5) is 25.2. The van der Waals surface area contributed by atoms with E-state index in [2.05, 4.69) is 17.2 Å². The number of benzene rings is 2. The average Bonchev–Trinajstić information content (AvgIpc) is 2.78. The monoisotopic (exact) mass is 463 g/mol. The van der Waals surface area contributed by atoms with Gasteiger partial charge >= 0.3 is 0 Å². The Morgan fingerprint density at radius 2 is 1.81 bits per heavy atom. The lowest BCUT2D eigenvalue weighted by Crippen LogP contribution is -2.40. The summed E-state index contributed by atoms with van der Waals surface area (Å²) >= 11 is 6.18. The SMILES string of the molecule is C=CCNC(=O)c1ccccc1NC(=O)c1cc(S(=O)(=O)N2CCOCC2)ccc1Cl. The molecule has 0 unspecified atom stereocenters. The summed E-state index contributed by atoms with van der Waals surface area (Å²) in [5.41, 5.74) is 0.509. The molecule has 8 nitrogen and oxygen atoms in total. The largest absolute Gasteiger partial charge is 0.379 e. The summed E-state index contributed by atoms with van der Waals surface area (Å²) in [6.45, 7) is 4.91. The van der Waals surface area contributed by atoms with E-state index in [1.807, 2.05) is 0 Å². The van der Waals surface area contributed by atoms with Crippen LogP contribution in [0.1, 0.15) is 20.7 Å². The normalized spacial score (nSPS) is 14.6. The van der Waals surface area contributed by atoms with E-state index in [0.717, 1.165) is 0 Å². The third-order valence-corrected chi connectivity index (χ3v) is 6.84. The quantitative estimate of drug-likeness (QED) is 0.614. The molecular formula is C21H22ClN3O5S. The van der Waals surface area contributed by atoms with Gasteiger partial charge in [-0.3, -0.25) is 9.59 Å². The van der Waals surface area contributed by atoms with Gasteiger partial charge in [0, 0.05) is 19.6 Å². The van der Waals surface area contributed by atoms with Crippen molar-refractivity contribution in [2.75, 3.05) is 38.2 Å². The number of carbonyl (C=O) groups is 2. The first-order chi connectivity index (χ1) is 14.8. The van der Waals surface area contributed by atoms with Crippen molar-refractivity contribution < 1.29 is 22.7 Å². The standard InChI is InChI=1S/C21H22ClN3O5S/c1-2-9-23-20(26)16-5-3-4-6-19(16)24-21(27)17-14-15(7-8-18(17)22)31(28,29)25-10-12-30-13-11-25/h2-8,14H,1,9-13H2,(H,23,26)(H,24,27). The molecule has 2 N–H and O–H groups in total. The molecule has 0 bridgehead atoms. The van der Waals surface area contributed by atoms with Crippen LogP contribution in [0, 0.1) is 0 Å². The maximum atomic E-state index is 12.9. The lowest BCUT2D eigenvalue weighted by atomic mass is 10.1. The van der Waals surface area contributed by atoms with Crippen LogP contribution in [0.15, 0.2) is 60.0 Å². The Morgan fingerprint density at radius 3 is 2.52 bits per heavy atom. The zero-order chi connectivity index (χ0) is 22.4. The molecule has 0 atom stereocenters. The molecular weight excluding hydrogens is 442 g/mol. The lowest BCUT2D eigenvalue weighted by molar-refractivity contribution is 0.0730. The Balaban J connectivity index is 1.87. The number of para-hydroxylation sites is 1. The van der Waals surface area contributed by atoms with Gasteiger partial charge < -0.3 is 15.4 Å². The van der Waals surface area contributed by atoms with E-state index in [-0.39, 0.29) is 52.3 Å². The molecule has 2 aromatic carbocycles. The molecule has 1 heterocycles. The fourth-order valence-corrected chi connectivity index (χ4v) is 4.65. The molecule has 0 aliphatic carbocycles. The van der Waals surface area contributed by atoms with Crippen molar-refractivity contribution in [2.45, 2.75) is 4.90 Å². The van der Waals surface area contributed by atoms with E-state index in [0.29, 0.717) is 13.2 Å². The molecule has 0 radical (unpaired) electrons. The van der Waals surface area contributed by atoms with Gasteiger partial charge in [-0.05, 0) is 30.3 Å². The molecule has 2 amide bonds. The zero-order valence-electron chi connectivity index (χ0n) is 16.6. The minimum Gasteiger partial charge on any atom is -0.379 e. The number of carbonyl (C=O) groups excluding carboxylic acids is 2. The molecule has 0 saturated carbocycles. The summed E-state index contributed by atoms with van der Waals surface area (Å²) in [5.74, 6) is -1.02. The van der Waals surface area contributed by atoms with Crippen LogP contribution in [-0.4, -0.2) is 57.4 Å². The molecule has 1 saturated heterocycles. The van der Waals surface area contributed by atoms with E-state index >= 15 is 0 Å². The zero-order valence-corrected chi connectivity index (χ0v) is 18.2. The molecule has 0 aromatic heterocycles. The molecule has 1 aliphatic heterocycles. The molecule has 164 valence electrons. The highest BCUT2D eigenvalue weighted by Crippen LogP contribution is 2.25. The topological polar surface area (TPSA) is 105 Å². The van der Waals surface area contributed by atoms with Crippen molar-refractivity contribution >= 4 is 39.1 Å². The molecule has 31 heavy (non-hydrogen) atoms. The van der Waals surface area contributed by atoms with E-state index in [9.17, 15) is 18.0 Å². The molecule has 10 heteroatoms. The minimum absolute atomic E-state index is 0.0164. The van der Waals surface area contributed by atoms with E-state index in [4.69, 9.17) is 16.3 Å². The number of morpholine rings is 1. The number of halogens is 1. The van der Waals surface area contributed by atoms with Crippen LogP contribution >= 0.6 is 11.6 Å². The van der Waals surface area contributed by atoms with Crippen LogP contribution in [0.3, 0.4) is 0 Å². The van der Waals surface area contributed by atoms with Crippen molar-refractivity contribution in [2.24, 2.45) is 0 Å². The average molecular weight is 464 g/mol. The molecule has 0 spiro atoms. The summed E-state index contributed by atoms with van der Waals surface area (Å²) in [5, 5.41) is 5.38. The van der Waals surface area contributed by atoms with Crippen LogP contribution in [-0.2, 0) is 14.8 Å². The van der Waals surface area contributed by atoms with Gasteiger partial charge in [-0.1, -0.05) is 29.8 Å². The van der Waals surface area contributed by atoms with Gasteiger partial charge in [-0.15, -0.1) is 6.58 Å². The predicted octanol–water partition coefficient (Wildman–Crippen LogP) is 2.53. The van der Waals surface area contributed by atoms with Crippen molar-refractivity contribution in [3.63, 3.8) is 0 Å². The third kappa shape index (κ3) is 5.31. The van der Waals surface area contributed by atoms with Crippen LogP contribution < -0.4 is 10.6 Å². The second kappa shape index (κ2) is 10.1. The number of nitrogens with zero attached hydrogens (tertiary/aromatic N) is 1. The van der Waals surface area contributed by atoms with Gasteiger partial charge in [-0.25, -0.2) is 8.42 Å². The number of rotatable bonds is 7. The van der Waals surface area contributed by atoms with Crippen molar-refractivity contribution in [3.8, 4) is 0 Å². The maximum absolute atomic E-state index is 12.9. The van der Waals surface area contributed by atoms with Crippen molar-refractivity contribution in [1.82, 2.24) is 9.62 Å². The van der Waals surface area contributed by atoms with Gasteiger partial charge in [0.2, 0.25) is 10.0 Å². The first-order valence-electron chi connectivity index (χ1n) is 9.51. The second-order valence-electron chi connectivity index (χ2n) is 6.66.